The Morgan fingerprint density at radius 3 is 2.50 bits per heavy atom. The number of aromatic hydroxyl groups is 2. The Bertz CT molecular complexity index is 446. The molecule has 0 saturated heterocycles. The minimum atomic E-state index is -0.759. The largest absolute Gasteiger partial charge is 0.508 e. The van der Waals surface area contributed by atoms with Gasteiger partial charge >= 0.3 is 0 Å². The summed E-state index contributed by atoms with van der Waals surface area (Å²) in [5, 5.41) is 20.6. The van der Waals surface area contributed by atoms with Crippen LogP contribution in [0.15, 0.2) is 12.1 Å². The topological polar surface area (TPSA) is 95.9 Å². The highest BCUT2D eigenvalue weighted by atomic mass is 127. The van der Waals surface area contributed by atoms with Gasteiger partial charge in [-0.05, 0) is 6.07 Å². The third-order valence-electron chi connectivity index (χ3n) is 1.67. The van der Waals surface area contributed by atoms with Gasteiger partial charge in [0.2, 0.25) is 5.91 Å². The van der Waals surface area contributed by atoms with Crippen molar-refractivity contribution < 1.29 is 22.9 Å². The van der Waals surface area contributed by atoms with Crippen LogP contribution in [0, 0.1) is 0 Å². The predicted octanol–water partition coefficient (Wildman–Crippen LogP) is 1.10. The van der Waals surface area contributed by atoms with Crippen molar-refractivity contribution in [3.05, 3.63) is 17.7 Å². The van der Waals surface area contributed by atoms with E-state index in [1.807, 2.05) is 5.32 Å². The zero-order valence-corrected chi connectivity index (χ0v) is 10.3. The molecule has 6 nitrogen and oxygen atoms in total. The zero-order valence-electron chi connectivity index (χ0n) is 8.15. The highest BCUT2D eigenvalue weighted by molar-refractivity contribution is 14.1. The summed E-state index contributed by atoms with van der Waals surface area (Å²) in [5.41, 5.74) is -0.123. The fourth-order valence-electron chi connectivity index (χ4n) is 1.08. The number of phenolic OH excluding ortho intramolecular Hbond substituents is 2. The molecule has 86 valence electrons. The van der Waals surface area contributed by atoms with E-state index in [0.29, 0.717) is 0 Å². The normalized spacial score (nSPS) is 9.62. The Morgan fingerprint density at radius 2 is 2.00 bits per heavy atom. The van der Waals surface area contributed by atoms with Gasteiger partial charge < -0.3 is 13.3 Å². The number of carbonyl (C=O) groups is 2. The molecular formula is C9H8INO5. The predicted molar refractivity (Wildman–Crippen MR) is 62.6 cm³/mol. The SMILES string of the molecule is CC(=O)NC(=O)c1cc(O)cc(O)c1OI. The molecule has 0 unspecified atom stereocenters. The van der Waals surface area contributed by atoms with Gasteiger partial charge in [0.25, 0.3) is 5.91 Å². The lowest BCUT2D eigenvalue weighted by Crippen LogP contribution is -2.28. The van der Waals surface area contributed by atoms with Gasteiger partial charge in [0.05, 0.1) is 5.56 Å². The van der Waals surface area contributed by atoms with Crippen LogP contribution < -0.4 is 8.38 Å². The summed E-state index contributed by atoms with van der Waals surface area (Å²) < 4.78 is 4.77. The van der Waals surface area contributed by atoms with Gasteiger partial charge in [0, 0.05) is 13.0 Å². The second kappa shape index (κ2) is 5.01. The number of carbonyl (C=O) groups excluding carboxylic acids is 2. The first-order valence-electron chi connectivity index (χ1n) is 4.12. The van der Waals surface area contributed by atoms with Crippen molar-refractivity contribution in [2.75, 3.05) is 0 Å². The van der Waals surface area contributed by atoms with E-state index in [-0.39, 0.29) is 22.8 Å². The van der Waals surface area contributed by atoms with Gasteiger partial charge in [0.1, 0.15) is 5.75 Å². The van der Waals surface area contributed by atoms with Crippen molar-refractivity contribution in [1.82, 2.24) is 5.32 Å². The molecule has 0 aliphatic rings. The van der Waals surface area contributed by atoms with Crippen LogP contribution in [0.5, 0.6) is 17.2 Å². The lowest BCUT2D eigenvalue weighted by Gasteiger charge is -2.08. The smallest absolute Gasteiger partial charge is 0.261 e. The number of hydrogen-bond donors (Lipinski definition) is 3. The molecule has 0 aromatic heterocycles. The Morgan fingerprint density at radius 1 is 1.38 bits per heavy atom. The molecule has 3 N–H and O–H groups in total. The van der Waals surface area contributed by atoms with E-state index in [0.717, 1.165) is 12.1 Å². The second-order valence-electron chi connectivity index (χ2n) is 2.93. The molecule has 0 saturated carbocycles. The van der Waals surface area contributed by atoms with Crippen LogP contribution in [0.1, 0.15) is 17.3 Å². The number of rotatable bonds is 2. The van der Waals surface area contributed by atoms with Gasteiger partial charge in [-0.25, -0.2) is 0 Å². The summed E-state index contributed by atoms with van der Waals surface area (Å²) in [6.45, 7) is 1.17. The second-order valence-corrected chi connectivity index (χ2v) is 3.37. The van der Waals surface area contributed by atoms with Crippen LogP contribution in [-0.2, 0) is 4.79 Å². The van der Waals surface area contributed by atoms with Crippen molar-refractivity contribution >= 4 is 34.8 Å². The van der Waals surface area contributed by atoms with Crippen molar-refractivity contribution in [3.63, 3.8) is 0 Å². The quantitative estimate of drug-likeness (QED) is 0.703. The maximum atomic E-state index is 11.5. The fraction of sp³-hybridized carbons (Fsp3) is 0.111. The minimum Gasteiger partial charge on any atom is -0.508 e. The monoisotopic (exact) mass is 337 g/mol. The van der Waals surface area contributed by atoms with Gasteiger partial charge in [-0.3, -0.25) is 14.9 Å². The number of hydrogen-bond acceptors (Lipinski definition) is 5. The first-order chi connectivity index (χ1) is 7.45. The first kappa shape index (κ1) is 12.6. The van der Waals surface area contributed by atoms with Crippen molar-refractivity contribution in [3.8, 4) is 17.2 Å². The summed E-state index contributed by atoms with van der Waals surface area (Å²) in [5.74, 6) is -2.11. The number of phenols is 2. The molecule has 0 spiro atoms. The number of benzene rings is 1. The van der Waals surface area contributed by atoms with Crippen LogP contribution in [0.3, 0.4) is 0 Å². The lowest BCUT2D eigenvalue weighted by atomic mass is 10.1. The molecule has 0 atom stereocenters. The standard InChI is InChI=1S/C9H8INO5/c1-4(12)11-9(15)6-2-5(13)3-7(14)8(6)16-10/h2-3,13-14H,1H3,(H,11,12,15). The summed E-state index contributed by atoms with van der Waals surface area (Å²) in [7, 11) is 0. The molecule has 2 amide bonds. The van der Waals surface area contributed by atoms with E-state index in [4.69, 9.17) is 3.07 Å². The highest BCUT2D eigenvalue weighted by Crippen LogP contribution is 2.35. The Labute approximate surface area is 105 Å². The van der Waals surface area contributed by atoms with E-state index in [1.54, 1.807) is 0 Å². The van der Waals surface area contributed by atoms with Crippen LogP contribution >= 0.6 is 23.0 Å². The van der Waals surface area contributed by atoms with Gasteiger partial charge in [-0.1, -0.05) is 0 Å². The Kier molecular flexibility index (Phi) is 3.93. The van der Waals surface area contributed by atoms with Crippen LogP contribution in [0.2, 0.25) is 0 Å². The summed E-state index contributed by atoms with van der Waals surface area (Å²) in [4.78, 5) is 22.2. The lowest BCUT2D eigenvalue weighted by molar-refractivity contribution is -0.118. The van der Waals surface area contributed by atoms with Gasteiger partial charge in [-0.2, -0.15) is 0 Å². The van der Waals surface area contributed by atoms with Crippen LogP contribution in [0.25, 0.3) is 0 Å². The number of halogens is 1. The van der Waals surface area contributed by atoms with Crippen LogP contribution in [0.4, 0.5) is 0 Å². The Balaban J connectivity index is 3.20. The van der Waals surface area contributed by atoms with E-state index in [9.17, 15) is 19.8 Å². The summed E-state index contributed by atoms with van der Waals surface area (Å²) in [6, 6.07) is 2.12. The van der Waals surface area contributed by atoms with Crippen molar-refractivity contribution in [2.45, 2.75) is 6.92 Å². The molecule has 0 radical (unpaired) electrons. The molecule has 0 heterocycles. The van der Waals surface area contributed by atoms with E-state index >= 15 is 0 Å². The molecule has 0 aliphatic carbocycles. The first-order valence-corrected chi connectivity index (χ1v) is 5.00. The maximum Gasteiger partial charge on any atom is 0.261 e. The number of imide groups is 1. The average Bonchev–Trinajstić information content (AvgIpc) is 2.15. The molecular weight excluding hydrogens is 329 g/mol. The molecule has 1 aromatic rings. The number of amides is 2. The molecule has 0 fully saturated rings. The van der Waals surface area contributed by atoms with Crippen molar-refractivity contribution in [1.29, 1.82) is 0 Å². The molecule has 0 bridgehead atoms. The highest BCUT2D eigenvalue weighted by Gasteiger charge is 2.18. The number of nitrogens with one attached hydrogen (secondary N) is 1. The summed E-state index contributed by atoms with van der Waals surface area (Å²) >= 11 is 1.48. The van der Waals surface area contributed by atoms with Crippen LogP contribution in [-0.4, -0.2) is 22.0 Å². The molecule has 1 rings (SSSR count). The van der Waals surface area contributed by atoms with E-state index < -0.39 is 11.8 Å². The van der Waals surface area contributed by atoms with E-state index in [2.05, 4.69) is 0 Å². The molecule has 16 heavy (non-hydrogen) atoms. The maximum absolute atomic E-state index is 11.5. The van der Waals surface area contributed by atoms with Gasteiger partial charge in [-0.15, -0.1) is 0 Å². The fourth-order valence-corrected chi connectivity index (χ4v) is 1.54. The third-order valence-corrected chi connectivity index (χ3v) is 2.11. The average molecular weight is 337 g/mol. The molecule has 1 aromatic carbocycles. The minimum absolute atomic E-state index is 0.114. The van der Waals surface area contributed by atoms with Gasteiger partial charge in [0.15, 0.2) is 34.5 Å². The van der Waals surface area contributed by atoms with Crippen molar-refractivity contribution in [2.24, 2.45) is 0 Å². The Hall–Kier alpha value is -1.51. The van der Waals surface area contributed by atoms with E-state index in [1.165, 1.54) is 29.9 Å². The summed E-state index contributed by atoms with van der Waals surface area (Å²) in [6.07, 6.45) is 0. The molecule has 0 aliphatic heterocycles. The molecule has 7 heteroatoms. The third kappa shape index (κ3) is 2.75. The zero-order chi connectivity index (χ0) is 12.3.